The number of diazo groups is 1. The van der Waals surface area contributed by atoms with Crippen LogP contribution in [-0.4, -0.2) is 23.1 Å². The fourth-order valence-electron chi connectivity index (χ4n) is 1.43. The molecule has 1 aliphatic rings. The van der Waals surface area contributed by atoms with Gasteiger partial charge < -0.3 is 10.0 Å². The summed E-state index contributed by atoms with van der Waals surface area (Å²) >= 11 is 0. The second kappa shape index (κ2) is 4.60. The van der Waals surface area contributed by atoms with Crippen molar-refractivity contribution in [3.8, 4) is 0 Å². The largest absolute Gasteiger partial charge is 0.489 e. The van der Waals surface area contributed by atoms with Gasteiger partial charge in [0.15, 0.2) is 4.98 Å². The van der Waals surface area contributed by atoms with Crippen molar-refractivity contribution in [2.45, 2.75) is 25.7 Å². The van der Waals surface area contributed by atoms with Crippen molar-refractivity contribution in [1.82, 2.24) is 4.90 Å². The van der Waals surface area contributed by atoms with E-state index in [4.69, 9.17) is 5.39 Å². The SMILES string of the molecule is N#[N+]/C=C(\O)N1CCCCCC1. The molecule has 66 valence electrons. The molecule has 1 rings (SSSR count). The molecule has 0 saturated carbocycles. The first-order valence-corrected chi connectivity index (χ1v) is 4.33. The van der Waals surface area contributed by atoms with Crippen LogP contribution in [0.1, 0.15) is 25.7 Å². The van der Waals surface area contributed by atoms with E-state index in [1.54, 1.807) is 0 Å². The van der Waals surface area contributed by atoms with Gasteiger partial charge in [0.2, 0.25) is 5.39 Å². The Bertz CT molecular complexity index is 199. The molecular formula is C8H14N3O+. The molecule has 0 radical (unpaired) electrons. The zero-order chi connectivity index (χ0) is 8.81. The fraction of sp³-hybridized carbons (Fsp3) is 0.750. The van der Waals surface area contributed by atoms with Gasteiger partial charge in [-0.25, -0.2) is 0 Å². The van der Waals surface area contributed by atoms with Gasteiger partial charge in [0.1, 0.15) is 0 Å². The quantitative estimate of drug-likeness (QED) is 0.481. The molecule has 1 fully saturated rings. The molecule has 4 nitrogen and oxygen atoms in total. The second-order valence-corrected chi connectivity index (χ2v) is 3.00. The van der Waals surface area contributed by atoms with Crippen LogP contribution >= 0.6 is 0 Å². The minimum atomic E-state index is 0.0689. The first-order valence-electron chi connectivity index (χ1n) is 4.33. The standard InChI is InChI=1S/C8H13N3O/c9-10-7-8(12)11-5-3-1-2-4-6-11/h7H,1-6H2/p+1/b8-7-. The van der Waals surface area contributed by atoms with Gasteiger partial charge in [-0.1, -0.05) is 12.8 Å². The Morgan fingerprint density at radius 1 is 1.25 bits per heavy atom. The highest BCUT2D eigenvalue weighted by Crippen LogP contribution is 2.12. The summed E-state index contributed by atoms with van der Waals surface area (Å²) in [5, 5.41) is 17.5. The molecule has 0 amide bonds. The molecule has 0 aromatic rings. The monoisotopic (exact) mass is 168 g/mol. The van der Waals surface area contributed by atoms with E-state index in [1.807, 2.05) is 4.90 Å². The summed E-state index contributed by atoms with van der Waals surface area (Å²) in [7, 11) is 0. The van der Waals surface area contributed by atoms with Gasteiger partial charge in [0, 0.05) is 13.1 Å². The van der Waals surface area contributed by atoms with E-state index in [0.29, 0.717) is 0 Å². The van der Waals surface area contributed by atoms with Crippen molar-refractivity contribution < 1.29 is 5.11 Å². The lowest BCUT2D eigenvalue weighted by Crippen LogP contribution is -2.23. The minimum Gasteiger partial charge on any atom is -0.489 e. The van der Waals surface area contributed by atoms with Crippen LogP contribution in [0, 0.1) is 5.39 Å². The number of likely N-dealkylation sites (tertiary alicyclic amines) is 1. The predicted octanol–water partition coefficient (Wildman–Crippen LogP) is 2.07. The van der Waals surface area contributed by atoms with E-state index in [2.05, 4.69) is 4.98 Å². The number of hydrogen-bond donors (Lipinski definition) is 1. The van der Waals surface area contributed by atoms with Gasteiger partial charge in [-0.2, -0.15) is 0 Å². The second-order valence-electron chi connectivity index (χ2n) is 3.00. The van der Waals surface area contributed by atoms with E-state index in [0.717, 1.165) is 32.1 Å². The summed E-state index contributed by atoms with van der Waals surface area (Å²) in [6, 6.07) is 0. The van der Waals surface area contributed by atoms with E-state index in [9.17, 15) is 5.11 Å². The van der Waals surface area contributed by atoms with Gasteiger partial charge in [-0.15, -0.1) is 0 Å². The summed E-state index contributed by atoms with van der Waals surface area (Å²) in [5.74, 6) is 0.0689. The predicted molar refractivity (Wildman–Crippen MR) is 45.8 cm³/mol. The third kappa shape index (κ3) is 2.42. The minimum absolute atomic E-state index is 0.0689. The summed E-state index contributed by atoms with van der Waals surface area (Å²) in [5.41, 5.74) is 0. The molecule has 1 heterocycles. The number of nitrogens with zero attached hydrogens (tertiary/aromatic N) is 3. The summed E-state index contributed by atoms with van der Waals surface area (Å²) < 4.78 is 0. The van der Waals surface area contributed by atoms with E-state index in [1.165, 1.54) is 12.8 Å². The van der Waals surface area contributed by atoms with Gasteiger partial charge in [0.05, 0.1) is 0 Å². The lowest BCUT2D eigenvalue weighted by molar-refractivity contribution is 0.206. The van der Waals surface area contributed by atoms with E-state index >= 15 is 0 Å². The van der Waals surface area contributed by atoms with Crippen LogP contribution in [0.15, 0.2) is 12.1 Å². The van der Waals surface area contributed by atoms with E-state index in [-0.39, 0.29) is 5.88 Å². The van der Waals surface area contributed by atoms with E-state index < -0.39 is 0 Å². The maximum atomic E-state index is 9.33. The van der Waals surface area contributed by atoms with Crippen LogP contribution in [0.25, 0.3) is 4.98 Å². The molecule has 1 aliphatic heterocycles. The van der Waals surface area contributed by atoms with Gasteiger partial charge in [-0.05, 0) is 12.8 Å². The maximum absolute atomic E-state index is 9.33. The Morgan fingerprint density at radius 3 is 2.33 bits per heavy atom. The Balaban J connectivity index is 2.49. The first-order chi connectivity index (χ1) is 5.84. The smallest absolute Gasteiger partial charge is 0.409 e. The van der Waals surface area contributed by atoms with Crippen molar-refractivity contribution in [3.63, 3.8) is 0 Å². The maximum Gasteiger partial charge on any atom is 0.409 e. The molecule has 0 aromatic carbocycles. The fourth-order valence-corrected chi connectivity index (χ4v) is 1.43. The molecule has 1 saturated heterocycles. The van der Waals surface area contributed by atoms with Crippen LogP contribution in [0.2, 0.25) is 0 Å². The third-order valence-corrected chi connectivity index (χ3v) is 2.10. The van der Waals surface area contributed by atoms with Crippen molar-refractivity contribution in [2.24, 2.45) is 0 Å². The summed E-state index contributed by atoms with van der Waals surface area (Å²) in [6.07, 6.45) is 5.72. The van der Waals surface area contributed by atoms with Crippen LogP contribution < -0.4 is 0 Å². The molecule has 1 N–H and O–H groups in total. The Morgan fingerprint density at radius 2 is 1.83 bits per heavy atom. The van der Waals surface area contributed by atoms with Gasteiger partial charge >= 0.3 is 6.20 Å². The van der Waals surface area contributed by atoms with Crippen LogP contribution in [0.5, 0.6) is 0 Å². The Hall–Kier alpha value is -1.24. The molecule has 0 aromatic heterocycles. The van der Waals surface area contributed by atoms with Gasteiger partial charge in [0.25, 0.3) is 5.88 Å². The number of hydrogen-bond acceptors (Lipinski definition) is 3. The van der Waals surface area contributed by atoms with Crippen LogP contribution in [0.3, 0.4) is 0 Å². The molecule has 0 bridgehead atoms. The highest BCUT2D eigenvalue weighted by atomic mass is 16.3. The van der Waals surface area contributed by atoms with Crippen molar-refractivity contribution >= 4 is 0 Å². The summed E-state index contributed by atoms with van der Waals surface area (Å²) in [4.78, 5) is 4.63. The van der Waals surface area contributed by atoms with Gasteiger partial charge in [-0.3, -0.25) is 0 Å². The normalized spacial score (nSPS) is 19.9. The molecule has 0 unspecified atom stereocenters. The Kier molecular flexibility index (Phi) is 3.39. The third-order valence-electron chi connectivity index (χ3n) is 2.10. The Labute approximate surface area is 72.1 Å². The zero-order valence-electron chi connectivity index (χ0n) is 7.11. The zero-order valence-corrected chi connectivity index (χ0v) is 7.11. The number of aliphatic hydroxyl groups excluding tert-OH is 1. The molecule has 0 atom stereocenters. The van der Waals surface area contributed by atoms with Crippen molar-refractivity contribution in [2.75, 3.05) is 13.1 Å². The average Bonchev–Trinajstić information content (AvgIpc) is 2.32. The first kappa shape index (κ1) is 8.85. The average molecular weight is 168 g/mol. The van der Waals surface area contributed by atoms with Crippen LogP contribution in [0.4, 0.5) is 0 Å². The lowest BCUT2D eigenvalue weighted by Gasteiger charge is -2.17. The highest BCUT2D eigenvalue weighted by molar-refractivity contribution is 4.95. The topological polar surface area (TPSA) is 51.6 Å². The van der Waals surface area contributed by atoms with Crippen molar-refractivity contribution in [3.05, 3.63) is 17.1 Å². The molecule has 0 spiro atoms. The molecule has 4 heteroatoms. The number of aliphatic hydroxyl groups is 1. The highest BCUT2D eigenvalue weighted by Gasteiger charge is 2.13. The van der Waals surface area contributed by atoms with Crippen LogP contribution in [-0.2, 0) is 0 Å². The van der Waals surface area contributed by atoms with Crippen molar-refractivity contribution in [1.29, 1.82) is 5.39 Å². The number of rotatable bonds is 1. The lowest BCUT2D eigenvalue weighted by atomic mass is 10.2. The molecule has 0 aliphatic carbocycles. The summed E-state index contributed by atoms with van der Waals surface area (Å²) in [6.45, 7) is 1.72. The molecule has 12 heavy (non-hydrogen) atoms. The molecular weight excluding hydrogens is 154 g/mol.